The van der Waals surface area contributed by atoms with Gasteiger partial charge in [0.25, 0.3) is 0 Å². The Bertz CT molecular complexity index is 438. The third kappa shape index (κ3) is 5.22. The summed E-state index contributed by atoms with van der Waals surface area (Å²) < 4.78 is 112. The van der Waals surface area contributed by atoms with Crippen LogP contribution in [0.4, 0.5) is 35.1 Å². The summed E-state index contributed by atoms with van der Waals surface area (Å²) in [4.78, 5) is 0. The first kappa shape index (κ1) is 24.4. The maximum atomic E-state index is 14.0. The van der Waals surface area contributed by atoms with Crippen molar-refractivity contribution in [2.24, 2.45) is 10.8 Å². The standard InChI is InChI=1S/C17H28F8/c1-7-9-13(5,6)11-15(20,21)17(24,25)16(22,23)14(18,19)10-12(3,4)8-2/h7-11H2,1-6H3. The summed E-state index contributed by atoms with van der Waals surface area (Å²) in [6.07, 6.45) is -2.78. The summed E-state index contributed by atoms with van der Waals surface area (Å²) in [5, 5.41) is 0. The van der Waals surface area contributed by atoms with Crippen LogP contribution in [0.25, 0.3) is 0 Å². The molecule has 0 bridgehead atoms. The van der Waals surface area contributed by atoms with Gasteiger partial charge < -0.3 is 0 Å². The van der Waals surface area contributed by atoms with Gasteiger partial charge in [-0.15, -0.1) is 0 Å². The minimum atomic E-state index is -6.17. The predicted octanol–water partition coefficient (Wildman–Crippen LogP) is 7.57. The minimum Gasteiger partial charge on any atom is -0.200 e. The van der Waals surface area contributed by atoms with Crippen LogP contribution in [0.3, 0.4) is 0 Å². The van der Waals surface area contributed by atoms with Gasteiger partial charge in [-0.2, -0.15) is 35.1 Å². The van der Waals surface area contributed by atoms with E-state index in [0.717, 1.165) is 0 Å². The fraction of sp³-hybridized carbons (Fsp3) is 1.00. The number of hydrogen-bond donors (Lipinski definition) is 0. The van der Waals surface area contributed by atoms with Gasteiger partial charge in [0, 0.05) is 12.8 Å². The van der Waals surface area contributed by atoms with Crippen LogP contribution < -0.4 is 0 Å². The number of rotatable bonds is 10. The Morgan fingerprint density at radius 2 is 0.880 bits per heavy atom. The molecule has 0 atom stereocenters. The Morgan fingerprint density at radius 3 is 1.16 bits per heavy atom. The van der Waals surface area contributed by atoms with E-state index in [2.05, 4.69) is 0 Å². The molecule has 0 spiro atoms. The van der Waals surface area contributed by atoms with Gasteiger partial charge in [-0.05, 0) is 17.3 Å². The Balaban J connectivity index is 5.78. The third-order valence-electron chi connectivity index (χ3n) is 4.60. The van der Waals surface area contributed by atoms with E-state index in [-0.39, 0.29) is 12.8 Å². The van der Waals surface area contributed by atoms with Crippen molar-refractivity contribution in [3.05, 3.63) is 0 Å². The van der Waals surface area contributed by atoms with Crippen LogP contribution in [0, 0.1) is 10.8 Å². The van der Waals surface area contributed by atoms with E-state index in [9.17, 15) is 35.1 Å². The molecule has 0 aliphatic rings. The molecule has 0 aliphatic carbocycles. The number of hydrogen-bond acceptors (Lipinski definition) is 0. The molecule has 152 valence electrons. The Hall–Kier alpha value is -0.560. The SMILES string of the molecule is CCCC(C)(C)CC(F)(F)C(F)(F)C(F)(F)C(F)(F)CC(C)(C)CC. The van der Waals surface area contributed by atoms with Crippen molar-refractivity contribution in [3.63, 3.8) is 0 Å². The molecule has 0 heterocycles. The van der Waals surface area contributed by atoms with Crippen LogP contribution in [0.2, 0.25) is 0 Å². The van der Waals surface area contributed by atoms with Crippen molar-refractivity contribution in [1.82, 2.24) is 0 Å². The molecule has 0 N–H and O–H groups in total. The smallest absolute Gasteiger partial charge is 0.200 e. The maximum Gasteiger partial charge on any atom is 0.378 e. The van der Waals surface area contributed by atoms with E-state index >= 15 is 0 Å². The lowest BCUT2D eigenvalue weighted by Crippen LogP contribution is -2.63. The zero-order chi connectivity index (χ0) is 20.5. The molecule has 0 fully saturated rings. The molecule has 0 aromatic carbocycles. The van der Waals surface area contributed by atoms with E-state index in [1.807, 2.05) is 0 Å². The highest BCUT2D eigenvalue weighted by Gasteiger charge is 2.80. The molecule has 0 amide bonds. The first-order valence-corrected chi connectivity index (χ1v) is 8.30. The molecule has 25 heavy (non-hydrogen) atoms. The highest BCUT2D eigenvalue weighted by Crippen LogP contribution is 2.57. The average Bonchev–Trinajstić information content (AvgIpc) is 2.35. The van der Waals surface area contributed by atoms with Gasteiger partial charge in [0.05, 0.1) is 0 Å². The van der Waals surface area contributed by atoms with Gasteiger partial charge in [-0.3, -0.25) is 0 Å². The first-order valence-electron chi connectivity index (χ1n) is 8.30. The topological polar surface area (TPSA) is 0 Å². The minimum absolute atomic E-state index is 0.00413. The fourth-order valence-electron chi connectivity index (χ4n) is 2.77. The first-order chi connectivity index (χ1) is 10.8. The molecule has 0 aromatic rings. The van der Waals surface area contributed by atoms with Gasteiger partial charge in [0.15, 0.2) is 0 Å². The predicted molar refractivity (Wildman–Crippen MR) is 81.8 cm³/mol. The highest BCUT2D eigenvalue weighted by atomic mass is 19.4. The maximum absolute atomic E-state index is 14.0. The molecule has 0 saturated heterocycles. The summed E-state index contributed by atoms with van der Waals surface area (Å²) in [6.45, 7) is 7.87. The molecular formula is C17H28F8. The van der Waals surface area contributed by atoms with Crippen LogP contribution in [0.15, 0.2) is 0 Å². The molecule has 0 unspecified atom stereocenters. The van der Waals surface area contributed by atoms with Crippen molar-refractivity contribution in [2.45, 2.75) is 97.3 Å². The lowest BCUT2D eigenvalue weighted by molar-refractivity contribution is -0.373. The summed E-state index contributed by atoms with van der Waals surface area (Å²) in [6, 6.07) is 0. The lowest BCUT2D eigenvalue weighted by Gasteiger charge is -2.41. The summed E-state index contributed by atoms with van der Waals surface area (Å²) in [5.41, 5.74) is -2.80. The zero-order valence-electron chi connectivity index (χ0n) is 15.6. The van der Waals surface area contributed by atoms with Gasteiger partial charge in [0.1, 0.15) is 0 Å². The van der Waals surface area contributed by atoms with Crippen molar-refractivity contribution in [1.29, 1.82) is 0 Å². The summed E-state index contributed by atoms with van der Waals surface area (Å²) in [7, 11) is 0. The van der Waals surface area contributed by atoms with E-state index in [4.69, 9.17) is 0 Å². The van der Waals surface area contributed by atoms with Crippen molar-refractivity contribution < 1.29 is 35.1 Å². The van der Waals surface area contributed by atoms with E-state index in [1.165, 1.54) is 34.6 Å². The summed E-state index contributed by atoms with van der Waals surface area (Å²) >= 11 is 0. The van der Waals surface area contributed by atoms with Gasteiger partial charge >= 0.3 is 23.7 Å². The van der Waals surface area contributed by atoms with Gasteiger partial charge in [-0.1, -0.05) is 54.4 Å². The van der Waals surface area contributed by atoms with E-state index in [0.29, 0.717) is 6.42 Å². The molecule has 8 heteroatoms. The molecule has 0 nitrogen and oxygen atoms in total. The Kier molecular flexibility index (Phi) is 7.06. The Morgan fingerprint density at radius 1 is 0.560 bits per heavy atom. The third-order valence-corrected chi connectivity index (χ3v) is 4.60. The second-order valence-electron chi connectivity index (χ2n) is 8.34. The molecule has 0 aromatic heterocycles. The molecule has 0 aliphatic heterocycles. The van der Waals surface area contributed by atoms with Crippen molar-refractivity contribution in [2.75, 3.05) is 0 Å². The second kappa shape index (κ2) is 7.22. The average molecular weight is 384 g/mol. The highest BCUT2D eigenvalue weighted by molar-refractivity contribution is 5.05. The van der Waals surface area contributed by atoms with Crippen LogP contribution in [0.5, 0.6) is 0 Å². The molecule has 0 saturated carbocycles. The fourth-order valence-corrected chi connectivity index (χ4v) is 2.77. The molecular weight excluding hydrogens is 356 g/mol. The number of halogens is 8. The molecule has 0 radical (unpaired) electrons. The van der Waals surface area contributed by atoms with Crippen LogP contribution in [-0.2, 0) is 0 Å². The Labute approximate surface area is 144 Å². The van der Waals surface area contributed by atoms with E-state index < -0.39 is 47.4 Å². The normalized spacial score (nSPS) is 15.6. The number of alkyl halides is 8. The quantitative estimate of drug-likeness (QED) is 0.341. The van der Waals surface area contributed by atoms with Crippen LogP contribution >= 0.6 is 0 Å². The monoisotopic (exact) mass is 384 g/mol. The van der Waals surface area contributed by atoms with Gasteiger partial charge in [0.2, 0.25) is 0 Å². The van der Waals surface area contributed by atoms with Crippen LogP contribution in [-0.4, -0.2) is 23.7 Å². The largest absolute Gasteiger partial charge is 0.378 e. The zero-order valence-corrected chi connectivity index (χ0v) is 15.6. The van der Waals surface area contributed by atoms with E-state index in [1.54, 1.807) is 6.92 Å². The van der Waals surface area contributed by atoms with Gasteiger partial charge in [-0.25, -0.2) is 0 Å². The summed E-state index contributed by atoms with van der Waals surface area (Å²) in [5.74, 6) is -22.9. The van der Waals surface area contributed by atoms with Crippen molar-refractivity contribution in [3.8, 4) is 0 Å². The van der Waals surface area contributed by atoms with Crippen molar-refractivity contribution >= 4 is 0 Å². The second-order valence-corrected chi connectivity index (χ2v) is 8.34. The lowest BCUT2D eigenvalue weighted by atomic mass is 9.77. The van der Waals surface area contributed by atoms with Crippen LogP contribution in [0.1, 0.15) is 73.6 Å². The molecule has 0 rings (SSSR count).